The smallest absolute Gasteiger partial charge is 0.168 e. The van der Waals surface area contributed by atoms with Crippen LogP contribution in [0.25, 0.3) is 16.7 Å². The normalized spacial score (nSPS) is 12.3. The molecule has 0 aliphatic heterocycles. The summed E-state index contributed by atoms with van der Waals surface area (Å²) >= 11 is 0. The van der Waals surface area contributed by atoms with Crippen molar-refractivity contribution < 1.29 is 9.84 Å². The third kappa shape index (κ3) is 2.71. The molecule has 0 bridgehead atoms. The number of nitrogens with zero attached hydrogens (tertiary/aromatic N) is 4. The number of nitrogens with one attached hydrogen (secondary N) is 1. The van der Waals surface area contributed by atoms with Gasteiger partial charge in [-0.3, -0.25) is 0 Å². The number of aliphatic hydroxyl groups is 1. The van der Waals surface area contributed by atoms with Gasteiger partial charge in [-0.05, 0) is 31.2 Å². The van der Waals surface area contributed by atoms with E-state index < -0.39 is 6.10 Å². The molecule has 114 valence electrons. The lowest BCUT2D eigenvalue weighted by molar-refractivity contribution is 0.208. The van der Waals surface area contributed by atoms with E-state index >= 15 is 0 Å². The maximum absolute atomic E-state index is 9.38. The number of aromatic nitrogens is 4. The van der Waals surface area contributed by atoms with Gasteiger partial charge < -0.3 is 15.2 Å². The van der Waals surface area contributed by atoms with Crippen molar-refractivity contribution in [2.45, 2.75) is 13.0 Å². The molecule has 7 heteroatoms. The highest BCUT2D eigenvalue weighted by Crippen LogP contribution is 2.22. The molecule has 0 saturated carbocycles. The maximum atomic E-state index is 9.38. The molecule has 0 radical (unpaired) electrons. The third-order valence-corrected chi connectivity index (χ3v) is 3.25. The molecule has 0 aliphatic rings. The Kier molecular flexibility index (Phi) is 3.88. The van der Waals surface area contributed by atoms with Crippen molar-refractivity contribution in [3.05, 3.63) is 36.8 Å². The third-order valence-electron chi connectivity index (χ3n) is 3.25. The SMILES string of the molecule is COc1ccc(-n2ncc3c(NCC(C)O)ncnc32)cc1. The highest BCUT2D eigenvalue weighted by atomic mass is 16.5. The van der Waals surface area contributed by atoms with E-state index in [1.165, 1.54) is 6.33 Å². The van der Waals surface area contributed by atoms with Crippen LogP contribution in [0.3, 0.4) is 0 Å². The Hall–Kier alpha value is -2.67. The highest BCUT2D eigenvalue weighted by molar-refractivity contribution is 5.87. The molecule has 1 aromatic carbocycles. The molecule has 0 saturated heterocycles. The van der Waals surface area contributed by atoms with Gasteiger partial charge in [-0.15, -0.1) is 0 Å². The van der Waals surface area contributed by atoms with Gasteiger partial charge in [0.15, 0.2) is 5.65 Å². The summed E-state index contributed by atoms with van der Waals surface area (Å²) in [6, 6.07) is 7.57. The van der Waals surface area contributed by atoms with Gasteiger partial charge in [0.1, 0.15) is 17.9 Å². The number of methoxy groups -OCH3 is 1. The topological polar surface area (TPSA) is 85.1 Å². The molecular weight excluding hydrogens is 282 g/mol. The molecule has 0 aliphatic carbocycles. The van der Waals surface area contributed by atoms with E-state index in [1.54, 1.807) is 24.9 Å². The molecule has 1 unspecified atom stereocenters. The molecule has 22 heavy (non-hydrogen) atoms. The first-order chi connectivity index (χ1) is 10.7. The zero-order chi connectivity index (χ0) is 15.5. The van der Waals surface area contributed by atoms with Crippen molar-refractivity contribution in [1.82, 2.24) is 19.7 Å². The minimum Gasteiger partial charge on any atom is -0.497 e. The number of hydrogen-bond donors (Lipinski definition) is 2. The van der Waals surface area contributed by atoms with Crippen LogP contribution in [0.15, 0.2) is 36.8 Å². The van der Waals surface area contributed by atoms with Gasteiger partial charge in [0.25, 0.3) is 0 Å². The second-order valence-electron chi connectivity index (χ2n) is 4.94. The van der Waals surface area contributed by atoms with Crippen LogP contribution >= 0.6 is 0 Å². The monoisotopic (exact) mass is 299 g/mol. The summed E-state index contributed by atoms with van der Waals surface area (Å²) in [5.74, 6) is 1.44. The van der Waals surface area contributed by atoms with Crippen molar-refractivity contribution in [2.24, 2.45) is 0 Å². The van der Waals surface area contributed by atoms with Gasteiger partial charge in [-0.2, -0.15) is 5.10 Å². The zero-order valence-corrected chi connectivity index (χ0v) is 12.4. The van der Waals surface area contributed by atoms with E-state index in [9.17, 15) is 5.11 Å². The predicted octanol–water partition coefficient (Wildman–Crippen LogP) is 1.62. The van der Waals surface area contributed by atoms with Crippen molar-refractivity contribution >= 4 is 16.9 Å². The summed E-state index contributed by atoms with van der Waals surface area (Å²) in [7, 11) is 1.63. The Morgan fingerprint density at radius 1 is 1.27 bits per heavy atom. The molecule has 2 aromatic heterocycles. The fourth-order valence-electron chi connectivity index (χ4n) is 2.14. The molecule has 0 amide bonds. The molecule has 2 heterocycles. The van der Waals surface area contributed by atoms with E-state index in [-0.39, 0.29) is 0 Å². The Bertz CT molecular complexity index is 767. The molecule has 2 N–H and O–H groups in total. The Morgan fingerprint density at radius 3 is 2.73 bits per heavy atom. The van der Waals surface area contributed by atoms with Crippen LogP contribution in [0.1, 0.15) is 6.92 Å². The van der Waals surface area contributed by atoms with Gasteiger partial charge in [0.2, 0.25) is 0 Å². The van der Waals surface area contributed by atoms with Gasteiger partial charge in [0, 0.05) is 6.54 Å². The van der Waals surface area contributed by atoms with Gasteiger partial charge in [-0.25, -0.2) is 14.6 Å². The summed E-state index contributed by atoms with van der Waals surface area (Å²) < 4.78 is 6.90. The van der Waals surface area contributed by atoms with Crippen molar-refractivity contribution in [1.29, 1.82) is 0 Å². The highest BCUT2D eigenvalue weighted by Gasteiger charge is 2.11. The number of anilines is 1. The number of fused-ring (bicyclic) bond motifs is 1. The molecule has 0 fully saturated rings. The van der Waals surface area contributed by atoms with Crippen LogP contribution in [0.5, 0.6) is 5.75 Å². The fourth-order valence-corrected chi connectivity index (χ4v) is 2.14. The van der Waals surface area contributed by atoms with Crippen LogP contribution in [-0.4, -0.2) is 44.6 Å². The second kappa shape index (κ2) is 5.98. The predicted molar refractivity (Wildman–Crippen MR) is 83.4 cm³/mol. The van der Waals surface area contributed by atoms with Crippen molar-refractivity contribution in [3.63, 3.8) is 0 Å². The van der Waals surface area contributed by atoms with Crippen LogP contribution in [0, 0.1) is 0 Å². The Balaban J connectivity index is 1.99. The van der Waals surface area contributed by atoms with Crippen molar-refractivity contribution in [3.8, 4) is 11.4 Å². The summed E-state index contributed by atoms with van der Waals surface area (Å²) in [5, 5.41) is 17.7. The van der Waals surface area contributed by atoms with E-state index in [4.69, 9.17) is 4.74 Å². The van der Waals surface area contributed by atoms with Gasteiger partial charge >= 0.3 is 0 Å². The number of ether oxygens (including phenoxy) is 1. The van der Waals surface area contributed by atoms with E-state index in [0.717, 1.165) is 16.8 Å². The van der Waals surface area contributed by atoms with Gasteiger partial charge in [0.05, 0.1) is 30.5 Å². The summed E-state index contributed by atoms with van der Waals surface area (Å²) in [6.07, 6.45) is 2.74. The minimum atomic E-state index is -0.457. The van der Waals surface area contributed by atoms with Crippen LogP contribution in [-0.2, 0) is 0 Å². The summed E-state index contributed by atoms with van der Waals surface area (Å²) in [6.45, 7) is 2.13. The van der Waals surface area contributed by atoms with E-state index in [2.05, 4.69) is 20.4 Å². The van der Waals surface area contributed by atoms with Crippen LogP contribution in [0.2, 0.25) is 0 Å². The fraction of sp³-hybridized carbons (Fsp3) is 0.267. The molecule has 1 atom stereocenters. The Labute approximate surface area is 127 Å². The maximum Gasteiger partial charge on any atom is 0.168 e. The number of benzene rings is 1. The number of rotatable bonds is 5. The molecule has 0 spiro atoms. The van der Waals surface area contributed by atoms with Gasteiger partial charge in [-0.1, -0.05) is 0 Å². The number of aliphatic hydroxyl groups excluding tert-OH is 1. The van der Waals surface area contributed by atoms with E-state index in [0.29, 0.717) is 18.0 Å². The van der Waals surface area contributed by atoms with Crippen LogP contribution in [0.4, 0.5) is 5.82 Å². The first-order valence-corrected chi connectivity index (χ1v) is 6.94. The molecular formula is C15H17N5O2. The average molecular weight is 299 g/mol. The first kappa shape index (κ1) is 14.3. The average Bonchev–Trinajstić information content (AvgIpc) is 2.97. The molecule has 7 nitrogen and oxygen atoms in total. The largest absolute Gasteiger partial charge is 0.497 e. The Morgan fingerprint density at radius 2 is 2.05 bits per heavy atom. The summed E-state index contributed by atoms with van der Waals surface area (Å²) in [5.41, 5.74) is 1.59. The standard InChI is InChI=1S/C15H17N5O2/c1-10(21)7-16-14-13-8-19-20(15(13)18-9-17-14)11-3-5-12(22-2)6-4-11/h3-6,8-10,21H,7H2,1-2H3,(H,16,17,18). The quantitative estimate of drug-likeness (QED) is 0.744. The van der Waals surface area contributed by atoms with E-state index in [1.807, 2.05) is 24.3 Å². The first-order valence-electron chi connectivity index (χ1n) is 6.94. The number of hydrogen-bond acceptors (Lipinski definition) is 6. The lowest BCUT2D eigenvalue weighted by atomic mass is 10.3. The molecule has 3 rings (SSSR count). The van der Waals surface area contributed by atoms with Crippen LogP contribution < -0.4 is 10.1 Å². The lowest BCUT2D eigenvalue weighted by Crippen LogP contribution is -2.16. The van der Waals surface area contributed by atoms with Crippen molar-refractivity contribution in [2.75, 3.05) is 19.0 Å². The molecule has 3 aromatic rings. The zero-order valence-electron chi connectivity index (χ0n) is 12.4. The lowest BCUT2D eigenvalue weighted by Gasteiger charge is -2.08. The summed E-state index contributed by atoms with van der Waals surface area (Å²) in [4.78, 5) is 8.51. The minimum absolute atomic E-state index is 0.416. The second-order valence-corrected chi connectivity index (χ2v) is 4.94.